The molecule has 0 aromatic carbocycles. The number of nitrogens with one attached hydrogen (secondary N) is 1. The molecule has 3 aromatic heterocycles. The van der Waals surface area contributed by atoms with Crippen LogP contribution in [0.1, 0.15) is 23.6 Å². The van der Waals surface area contributed by atoms with Gasteiger partial charge in [-0.1, -0.05) is 11.6 Å². The summed E-state index contributed by atoms with van der Waals surface area (Å²) in [4.78, 5) is 34.2. The predicted molar refractivity (Wildman–Crippen MR) is 111 cm³/mol. The van der Waals surface area contributed by atoms with E-state index < -0.39 is 42.8 Å². The zero-order valence-corrected chi connectivity index (χ0v) is 18.0. The summed E-state index contributed by atoms with van der Waals surface area (Å²) in [5, 5.41) is 6.04. The Balaban J connectivity index is 1.47. The highest BCUT2D eigenvalue weighted by Gasteiger charge is 2.50. The van der Waals surface area contributed by atoms with Crippen molar-refractivity contribution in [3.05, 3.63) is 40.9 Å². The highest BCUT2D eigenvalue weighted by atomic mass is 35.5. The fraction of sp³-hybridized carbons (Fsp3) is 0.316. The normalized spacial score (nSPS) is 17.9. The molecular weight excluding hydrogens is 505 g/mol. The molecule has 2 aliphatic heterocycles. The molecule has 0 saturated carbocycles. The first-order valence-corrected chi connectivity index (χ1v) is 10.3. The maximum absolute atomic E-state index is 13.8. The van der Waals surface area contributed by atoms with Gasteiger partial charge in [0, 0.05) is 12.6 Å². The Morgan fingerprint density at radius 1 is 1.23 bits per heavy atom. The molecule has 5 heterocycles. The highest BCUT2D eigenvalue weighted by Crippen LogP contribution is 2.45. The van der Waals surface area contributed by atoms with E-state index in [1.54, 1.807) is 0 Å². The Morgan fingerprint density at radius 3 is 2.66 bits per heavy atom. The van der Waals surface area contributed by atoms with Gasteiger partial charge < -0.3 is 10.1 Å². The van der Waals surface area contributed by atoms with Crippen molar-refractivity contribution in [2.75, 3.05) is 34.8 Å². The van der Waals surface area contributed by atoms with Gasteiger partial charge in [0.1, 0.15) is 18.3 Å². The van der Waals surface area contributed by atoms with Crippen molar-refractivity contribution in [1.29, 1.82) is 0 Å². The topological polar surface area (TPSA) is 105 Å². The molecule has 1 saturated heterocycles. The predicted octanol–water partition coefficient (Wildman–Crippen LogP) is 4.37. The highest BCUT2D eigenvalue weighted by molar-refractivity contribution is 6.29. The molecule has 5 rings (SSSR count). The molecule has 184 valence electrons. The van der Waals surface area contributed by atoms with Gasteiger partial charge in [0.2, 0.25) is 0 Å². The molecule has 16 heteroatoms. The zero-order chi connectivity index (χ0) is 25.1. The summed E-state index contributed by atoms with van der Waals surface area (Å²) in [5.41, 5.74) is -1.32. The SMILES string of the molecule is O=C(Nc1cnc(N2CCOC2=O)c(C(F)F)c1)N1CC(C(F)(F)F)c2c1cnc1cc(Cl)nn21. The summed E-state index contributed by atoms with van der Waals surface area (Å²) in [5.74, 6) is -2.44. The smallest absolute Gasteiger partial charge is 0.415 e. The first-order valence-electron chi connectivity index (χ1n) is 9.96. The molecular formula is C19H13ClF5N7O3. The maximum atomic E-state index is 13.8. The second kappa shape index (κ2) is 8.18. The number of carbonyl (C=O) groups excluding carboxylic acids is 2. The first-order chi connectivity index (χ1) is 16.5. The van der Waals surface area contributed by atoms with Gasteiger partial charge in [0.25, 0.3) is 6.43 Å². The lowest BCUT2D eigenvalue weighted by atomic mass is 10.1. The number of cyclic esters (lactones) is 1. The average Bonchev–Trinajstić information content (AvgIpc) is 3.48. The molecule has 10 nitrogen and oxygen atoms in total. The van der Waals surface area contributed by atoms with Crippen molar-refractivity contribution in [3.8, 4) is 0 Å². The van der Waals surface area contributed by atoms with Crippen LogP contribution in [0, 0.1) is 0 Å². The summed E-state index contributed by atoms with van der Waals surface area (Å²) < 4.78 is 74.4. The van der Waals surface area contributed by atoms with Crippen LogP contribution in [0.25, 0.3) is 5.65 Å². The van der Waals surface area contributed by atoms with E-state index in [9.17, 15) is 31.5 Å². The number of aromatic nitrogens is 4. The van der Waals surface area contributed by atoms with Crippen molar-refractivity contribution in [1.82, 2.24) is 19.6 Å². The van der Waals surface area contributed by atoms with E-state index in [0.717, 1.165) is 32.8 Å². The molecule has 2 aliphatic rings. The average molecular weight is 518 g/mol. The van der Waals surface area contributed by atoms with E-state index in [4.69, 9.17) is 16.3 Å². The summed E-state index contributed by atoms with van der Waals surface area (Å²) in [6.07, 6.45) is -6.55. The monoisotopic (exact) mass is 517 g/mol. The van der Waals surface area contributed by atoms with Gasteiger partial charge in [-0.15, -0.1) is 0 Å². The second-order valence-corrected chi connectivity index (χ2v) is 7.99. The number of alkyl halides is 5. The number of rotatable bonds is 3. The Bertz CT molecular complexity index is 1350. The van der Waals surface area contributed by atoms with Gasteiger partial charge in [0.15, 0.2) is 10.8 Å². The largest absolute Gasteiger partial charge is 0.447 e. The molecule has 1 fully saturated rings. The number of fused-ring (bicyclic) bond motifs is 3. The molecule has 1 N–H and O–H groups in total. The Labute approximate surface area is 197 Å². The van der Waals surface area contributed by atoms with Crippen LogP contribution in [-0.4, -0.2) is 57.6 Å². The Kier molecular flexibility index (Phi) is 5.38. The van der Waals surface area contributed by atoms with Crippen LogP contribution in [0.3, 0.4) is 0 Å². The quantitative estimate of drug-likeness (QED) is 0.517. The lowest BCUT2D eigenvalue weighted by Crippen LogP contribution is -2.36. The van der Waals surface area contributed by atoms with Gasteiger partial charge in [-0.25, -0.2) is 32.9 Å². The number of halogens is 6. The minimum atomic E-state index is -4.73. The molecule has 0 spiro atoms. The number of nitrogens with zero attached hydrogens (tertiary/aromatic N) is 6. The van der Waals surface area contributed by atoms with Crippen LogP contribution in [0.2, 0.25) is 5.15 Å². The van der Waals surface area contributed by atoms with E-state index in [-0.39, 0.29) is 46.8 Å². The van der Waals surface area contributed by atoms with Crippen molar-refractivity contribution < 1.29 is 36.3 Å². The molecule has 1 unspecified atom stereocenters. The fourth-order valence-corrected chi connectivity index (χ4v) is 4.15. The van der Waals surface area contributed by atoms with Gasteiger partial charge in [0.05, 0.1) is 41.6 Å². The number of urea groups is 1. The minimum Gasteiger partial charge on any atom is -0.447 e. The van der Waals surface area contributed by atoms with Crippen LogP contribution < -0.4 is 15.1 Å². The van der Waals surface area contributed by atoms with Gasteiger partial charge >= 0.3 is 18.3 Å². The number of amides is 3. The molecule has 35 heavy (non-hydrogen) atoms. The van der Waals surface area contributed by atoms with Gasteiger partial charge in [-0.2, -0.15) is 18.3 Å². The van der Waals surface area contributed by atoms with E-state index >= 15 is 0 Å². The standard InChI is InChI=1S/C19H13ClF5N7O3/c20-12-4-13-26-6-11-14(32(13)29-12)10(19(23,24)25)7-31(11)17(33)28-8-3-9(15(21)22)16(27-5-8)30-1-2-35-18(30)34/h3-6,10,15H,1-2,7H2,(H,28,33). The Morgan fingerprint density at radius 2 is 2.00 bits per heavy atom. The summed E-state index contributed by atoms with van der Waals surface area (Å²) in [7, 11) is 0. The van der Waals surface area contributed by atoms with Crippen LogP contribution in [0.4, 0.5) is 48.7 Å². The molecule has 3 aromatic rings. The van der Waals surface area contributed by atoms with Gasteiger partial charge in [-0.3, -0.25) is 9.80 Å². The molecule has 3 amide bonds. The van der Waals surface area contributed by atoms with Crippen LogP contribution >= 0.6 is 11.6 Å². The number of anilines is 3. The number of hydrogen-bond acceptors (Lipinski definition) is 6. The second-order valence-electron chi connectivity index (χ2n) is 7.60. The molecule has 0 bridgehead atoms. The summed E-state index contributed by atoms with van der Waals surface area (Å²) in [6, 6.07) is 1.13. The molecule has 0 radical (unpaired) electrons. The third-order valence-corrected chi connectivity index (χ3v) is 5.68. The lowest BCUT2D eigenvalue weighted by molar-refractivity contribution is -0.147. The maximum Gasteiger partial charge on any atom is 0.415 e. The summed E-state index contributed by atoms with van der Waals surface area (Å²) in [6.45, 7) is -0.783. The summed E-state index contributed by atoms with van der Waals surface area (Å²) >= 11 is 5.82. The van der Waals surface area contributed by atoms with E-state index in [1.807, 2.05) is 0 Å². The third kappa shape index (κ3) is 3.94. The number of carbonyl (C=O) groups is 2. The third-order valence-electron chi connectivity index (χ3n) is 5.49. The van der Waals surface area contributed by atoms with Crippen LogP contribution in [-0.2, 0) is 4.74 Å². The van der Waals surface area contributed by atoms with Crippen molar-refractivity contribution >= 4 is 46.6 Å². The number of pyridine rings is 1. The fourth-order valence-electron chi connectivity index (χ4n) is 3.97. The number of hydrogen-bond donors (Lipinski definition) is 1. The number of ether oxygens (including phenoxy) is 1. The van der Waals surface area contributed by atoms with Crippen LogP contribution in [0.15, 0.2) is 24.5 Å². The zero-order valence-electron chi connectivity index (χ0n) is 17.3. The molecule has 0 aliphatic carbocycles. The van der Waals surface area contributed by atoms with Crippen molar-refractivity contribution in [3.63, 3.8) is 0 Å². The van der Waals surface area contributed by atoms with E-state index in [2.05, 4.69) is 20.4 Å². The lowest BCUT2D eigenvalue weighted by Gasteiger charge is -2.20. The molecule has 1 atom stereocenters. The minimum absolute atomic E-state index is 0.000806. The van der Waals surface area contributed by atoms with Crippen molar-refractivity contribution in [2.45, 2.75) is 18.5 Å². The van der Waals surface area contributed by atoms with Crippen LogP contribution in [0.5, 0.6) is 0 Å². The van der Waals surface area contributed by atoms with E-state index in [1.165, 1.54) is 6.07 Å². The van der Waals surface area contributed by atoms with E-state index in [0.29, 0.717) is 0 Å². The van der Waals surface area contributed by atoms with Gasteiger partial charge in [-0.05, 0) is 6.07 Å². The van der Waals surface area contributed by atoms with Crippen molar-refractivity contribution in [2.24, 2.45) is 0 Å². The Hall–Kier alpha value is -3.75. The first kappa shape index (κ1) is 23.0.